The van der Waals surface area contributed by atoms with Gasteiger partial charge in [-0.05, 0) is 37.1 Å². The molecule has 0 saturated carbocycles. The van der Waals surface area contributed by atoms with Crippen LogP contribution in [0.25, 0.3) is 11.4 Å². The van der Waals surface area contributed by atoms with Crippen LogP contribution in [0.2, 0.25) is 0 Å². The highest BCUT2D eigenvalue weighted by Crippen LogP contribution is 2.25. The van der Waals surface area contributed by atoms with Crippen molar-refractivity contribution < 1.29 is 5.11 Å². The number of fused-ring (bicyclic) bond motifs is 1. The molecule has 1 aliphatic heterocycles. The summed E-state index contributed by atoms with van der Waals surface area (Å²) >= 11 is 0. The third-order valence-corrected chi connectivity index (χ3v) is 3.04. The molecule has 0 radical (unpaired) electrons. The van der Waals surface area contributed by atoms with Gasteiger partial charge in [0.2, 0.25) is 0 Å². The van der Waals surface area contributed by atoms with Crippen LogP contribution in [-0.4, -0.2) is 19.9 Å². The second kappa shape index (κ2) is 3.85. The summed E-state index contributed by atoms with van der Waals surface area (Å²) in [5.74, 6) is 1.78. The SMILES string of the molecule is NC1CCCn2nc(-c3ccc(O)cc3)nc21. The van der Waals surface area contributed by atoms with E-state index in [9.17, 15) is 5.11 Å². The first kappa shape index (κ1) is 10.3. The lowest BCUT2D eigenvalue weighted by atomic mass is 10.1. The van der Waals surface area contributed by atoms with Crippen LogP contribution in [0.15, 0.2) is 24.3 Å². The van der Waals surface area contributed by atoms with Gasteiger partial charge in [0.15, 0.2) is 5.82 Å². The number of nitrogens with zero attached hydrogens (tertiary/aromatic N) is 3. The van der Waals surface area contributed by atoms with Gasteiger partial charge in [-0.15, -0.1) is 0 Å². The molecule has 17 heavy (non-hydrogen) atoms. The minimum atomic E-state index is -0.0119. The van der Waals surface area contributed by atoms with Crippen molar-refractivity contribution in [2.45, 2.75) is 25.4 Å². The van der Waals surface area contributed by atoms with Crippen molar-refractivity contribution in [3.8, 4) is 17.1 Å². The van der Waals surface area contributed by atoms with Crippen LogP contribution in [-0.2, 0) is 6.54 Å². The van der Waals surface area contributed by atoms with Crippen molar-refractivity contribution in [2.24, 2.45) is 5.73 Å². The molecule has 0 fully saturated rings. The van der Waals surface area contributed by atoms with Crippen molar-refractivity contribution in [3.05, 3.63) is 30.1 Å². The van der Waals surface area contributed by atoms with Gasteiger partial charge < -0.3 is 10.8 Å². The normalized spacial score (nSPS) is 19.0. The van der Waals surface area contributed by atoms with E-state index in [4.69, 9.17) is 5.73 Å². The minimum absolute atomic E-state index is 0.0119. The number of hydrogen-bond donors (Lipinski definition) is 2. The van der Waals surface area contributed by atoms with Gasteiger partial charge in [-0.3, -0.25) is 0 Å². The molecule has 1 aromatic carbocycles. The molecule has 0 amide bonds. The van der Waals surface area contributed by atoms with E-state index in [-0.39, 0.29) is 11.8 Å². The van der Waals surface area contributed by atoms with E-state index in [1.807, 2.05) is 16.8 Å². The molecule has 3 N–H and O–H groups in total. The predicted molar refractivity (Wildman–Crippen MR) is 63.3 cm³/mol. The number of aromatic nitrogens is 3. The zero-order valence-electron chi connectivity index (χ0n) is 9.37. The number of phenols is 1. The highest BCUT2D eigenvalue weighted by atomic mass is 16.3. The Morgan fingerprint density at radius 2 is 2.06 bits per heavy atom. The maximum atomic E-state index is 9.24. The van der Waals surface area contributed by atoms with E-state index in [0.29, 0.717) is 5.82 Å². The average Bonchev–Trinajstić information content (AvgIpc) is 2.75. The fourth-order valence-electron chi connectivity index (χ4n) is 2.12. The van der Waals surface area contributed by atoms with Gasteiger partial charge in [-0.2, -0.15) is 5.10 Å². The molecule has 5 nitrogen and oxygen atoms in total. The Bertz CT molecular complexity index is 532. The molecule has 2 aromatic rings. The summed E-state index contributed by atoms with van der Waals surface area (Å²) in [6.45, 7) is 0.883. The fraction of sp³-hybridized carbons (Fsp3) is 0.333. The summed E-state index contributed by atoms with van der Waals surface area (Å²) in [5, 5.41) is 13.7. The second-order valence-corrected chi connectivity index (χ2v) is 4.31. The molecular formula is C12H14N4O. The zero-order valence-corrected chi connectivity index (χ0v) is 9.37. The van der Waals surface area contributed by atoms with Crippen molar-refractivity contribution >= 4 is 0 Å². The molecule has 0 aliphatic carbocycles. The quantitative estimate of drug-likeness (QED) is 0.777. The van der Waals surface area contributed by atoms with Gasteiger partial charge in [0.1, 0.15) is 11.6 Å². The first-order chi connectivity index (χ1) is 8.24. The topological polar surface area (TPSA) is 77.0 Å². The largest absolute Gasteiger partial charge is 0.508 e. The highest BCUT2D eigenvalue weighted by Gasteiger charge is 2.21. The molecule has 0 bridgehead atoms. The number of phenolic OH excluding ortho intramolecular Hbond substituents is 1. The first-order valence-electron chi connectivity index (χ1n) is 5.74. The highest BCUT2D eigenvalue weighted by molar-refractivity contribution is 5.55. The predicted octanol–water partition coefficient (Wildman–Crippen LogP) is 1.44. The van der Waals surface area contributed by atoms with Crippen molar-refractivity contribution in [2.75, 3.05) is 0 Å². The Kier molecular flexibility index (Phi) is 2.33. The molecule has 0 saturated heterocycles. The van der Waals surface area contributed by atoms with Crippen molar-refractivity contribution in [3.63, 3.8) is 0 Å². The summed E-state index contributed by atoms with van der Waals surface area (Å²) in [7, 11) is 0. The van der Waals surface area contributed by atoms with Crippen LogP contribution in [0, 0.1) is 0 Å². The van der Waals surface area contributed by atoms with Gasteiger partial charge in [-0.1, -0.05) is 0 Å². The molecule has 3 rings (SSSR count). The lowest BCUT2D eigenvalue weighted by Gasteiger charge is -2.17. The molecule has 1 atom stereocenters. The summed E-state index contributed by atoms with van der Waals surface area (Å²) in [4.78, 5) is 4.48. The molecule has 2 heterocycles. The Balaban J connectivity index is 2.02. The van der Waals surface area contributed by atoms with Crippen LogP contribution in [0.5, 0.6) is 5.75 Å². The van der Waals surface area contributed by atoms with E-state index < -0.39 is 0 Å². The fourth-order valence-corrected chi connectivity index (χ4v) is 2.12. The van der Waals surface area contributed by atoms with E-state index >= 15 is 0 Å². The van der Waals surface area contributed by atoms with Gasteiger partial charge >= 0.3 is 0 Å². The zero-order chi connectivity index (χ0) is 11.8. The molecule has 1 aliphatic rings. The first-order valence-corrected chi connectivity index (χ1v) is 5.74. The van der Waals surface area contributed by atoms with E-state index in [2.05, 4.69) is 10.1 Å². The summed E-state index contributed by atoms with van der Waals surface area (Å²) in [5.41, 5.74) is 6.90. The minimum Gasteiger partial charge on any atom is -0.508 e. The Hall–Kier alpha value is -1.88. The number of benzene rings is 1. The van der Waals surface area contributed by atoms with Crippen LogP contribution < -0.4 is 5.73 Å². The van der Waals surface area contributed by atoms with Crippen LogP contribution >= 0.6 is 0 Å². The number of hydrogen-bond acceptors (Lipinski definition) is 4. The molecule has 5 heteroatoms. The Labute approximate surface area is 98.9 Å². The monoisotopic (exact) mass is 230 g/mol. The number of nitrogens with two attached hydrogens (primary N) is 1. The number of aromatic hydroxyl groups is 1. The lowest BCUT2D eigenvalue weighted by Crippen LogP contribution is -2.22. The van der Waals surface area contributed by atoms with Gasteiger partial charge in [0.05, 0.1) is 6.04 Å². The third kappa shape index (κ3) is 1.78. The molecular weight excluding hydrogens is 216 g/mol. The molecule has 1 unspecified atom stereocenters. The van der Waals surface area contributed by atoms with Gasteiger partial charge in [-0.25, -0.2) is 9.67 Å². The van der Waals surface area contributed by atoms with Gasteiger partial charge in [0.25, 0.3) is 0 Å². The molecule has 0 spiro atoms. The summed E-state index contributed by atoms with van der Waals surface area (Å²) in [6, 6.07) is 6.87. The molecule has 88 valence electrons. The third-order valence-electron chi connectivity index (χ3n) is 3.04. The maximum absolute atomic E-state index is 9.24. The number of rotatable bonds is 1. The summed E-state index contributed by atoms with van der Waals surface area (Å²) < 4.78 is 1.89. The summed E-state index contributed by atoms with van der Waals surface area (Å²) in [6.07, 6.45) is 2.01. The average molecular weight is 230 g/mol. The van der Waals surface area contributed by atoms with Gasteiger partial charge in [0, 0.05) is 12.1 Å². The standard InChI is InChI=1S/C12H14N4O/c13-10-2-1-7-16-12(10)14-11(15-16)8-3-5-9(17)6-4-8/h3-6,10,17H,1-2,7,13H2. The second-order valence-electron chi connectivity index (χ2n) is 4.31. The van der Waals surface area contributed by atoms with E-state index in [1.165, 1.54) is 0 Å². The van der Waals surface area contributed by atoms with Crippen molar-refractivity contribution in [1.29, 1.82) is 0 Å². The van der Waals surface area contributed by atoms with Crippen molar-refractivity contribution in [1.82, 2.24) is 14.8 Å². The van der Waals surface area contributed by atoms with Crippen LogP contribution in [0.3, 0.4) is 0 Å². The van der Waals surface area contributed by atoms with E-state index in [0.717, 1.165) is 30.8 Å². The Morgan fingerprint density at radius 1 is 1.29 bits per heavy atom. The van der Waals surface area contributed by atoms with Crippen LogP contribution in [0.1, 0.15) is 24.7 Å². The lowest BCUT2D eigenvalue weighted by molar-refractivity contribution is 0.422. The Morgan fingerprint density at radius 3 is 2.76 bits per heavy atom. The smallest absolute Gasteiger partial charge is 0.181 e. The number of aryl methyl sites for hydroxylation is 1. The van der Waals surface area contributed by atoms with Crippen LogP contribution in [0.4, 0.5) is 0 Å². The maximum Gasteiger partial charge on any atom is 0.181 e. The van der Waals surface area contributed by atoms with E-state index in [1.54, 1.807) is 12.1 Å². The molecule has 1 aromatic heterocycles.